The Morgan fingerprint density at radius 2 is 1.18 bits per heavy atom. The molecule has 3 aromatic rings. The van der Waals surface area contributed by atoms with Crippen LogP contribution in [0.1, 0.15) is 64.5 Å². The summed E-state index contributed by atoms with van der Waals surface area (Å²) in [6, 6.07) is 3.36. The maximum atomic E-state index is 13.4. The SMILES string of the molecule is COc1c(C)c(OC(=O)c2c(C)cc(O)cc2O)c(C)c(C(=O)Oc2cc(O)c(C(=O)O)c(C)c2C)c1C. The molecular formula is C28H28O10. The molecule has 0 unspecified atom stereocenters. The highest BCUT2D eigenvalue weighted by molar-refractivity contribution is 5.99. The molecule has 0 aromatic heterocycles. The number of aromatic hydroxyl groups is 3. The molecule has 3 rings (SSSR count). The van der Waals surface area contributed by atoms with Crippen LogP contribution in [-0.4, -0.2) is 45.4 Å². The van der Waals surface area contributed by atoms with Crippen LogP contribution in [0.15, 0.2) is 18.2 Å². The number of carboxylic acids is 1. The van der Waals surface area contributed by atoms with Crippen molar-refractivity contribution in [3.05, 3.63) is 68.3 Å². The first-order valence-corrected chi connectivity index (χ1v) is 11.4. The molecule has 0 saturated carbocycles. The number of methoxy groups -OCH3 is 1. The molecule has 0 bridgehead atoms. The number of phenols is 3. The van der Waals surface area contributed by atoms with Crippen LogP contribution in [0.25, 0.3) is 0 Å². The quantitative estimate of drug-likeness (QED) is 0.260. The molecule has 3 aromatic carbocycles. The molecule has 0 spiro atoms. The molecule has 0 aliphatic carbocycles. The Kier molecular flexibility index (Phi) is 7.57. The number of aromatic carboxylic acids is 1. The predicted octanol–water partition coefficient (Wildman–Crippen LogP) is 4.80. The summed E-state index contributed by atoms with van der Waals surface area (Å²) in [5.74, 6) is -4.13. The van der Waals surface area contributed by atoms with Gasteiger partial charge in [-0.3, -0.25) is 0 Å². The van der Waals surface area contributed by atoms with Gasteiger partial charge in [0.25, 0.3) is 0 Å². The molecule has 0 aliphatic heterocycles. The molecule has 0 saturated heterocycles. The lowest BCUT2D eigenvalue weighted by Gasteiger charge is -2.21. The molecule has 0 fully saturated rings. The third-order valence-electron chi connectivity index (χ3n) is 6.47. The molecule has 200 valence electrons. The second-order valence-corrected chi connectivity index (χ2v) is 8.87. The molecule has 10 nitrogen and oxygen atoms in total. The fourth-order valence-corrected chi connectivity index (χ4v) is 4.49. The van der Waals surface area contributed by atoms with Crippen LogP contribution >= 0.6 is 0 Å². The van der Waals surface area contributed by atoms with Crippen LogP contribution in [0, 0.1) is 41.5 Å². The third-order valence-corrected chi connectivity index (χ3v) is 6.47. The van der Waals surface area contributed by atoms with E-state index in [0.29, 0.717) is 16.7 Å². The smallest absolute Gasteiger partial charge is 0.347 e. The number of carboxylic acid groups (broad SMARTS) is 1. The first-order chi connectivity index (χ1) is 17.7. The van der Waals surface area contributed by atoms with Crippen molar-refractivity contribution in [2.24, 2.45) is 0 Å². The largest absolute Gasteiger partial charge is 0.508 e. The van der Waals surface area contributed by atoms with Gasteiger partial charge in [0.05, 0.1) is 12.7 Å². The van der Waals surface area contributed by atoms with Gasteiger partial charge < -0.3 is 34.6 Å². The Morgan fingerprint density at radius 1 is 0.632 bits per heavy atom. The maximum Gasteiger partial charge on any atom is 0.347 e. The van der Waals surface area contributed by atoms with Gasteiger partial charge in [-0.05, 0) is 64.3 Å². The topological polar surface area (TPSA) is 160 Å². The molecule has 38 heavy (non-hydrogen) atoms. The summed E-state index contributed by atoms with van der Waals surface area (Å²) < 4.78 is 16.7. The van der Waals surface area contributed by atoms with Crippen molar-refractivity contribution < 1.29 is 49.0 Å². The summed E-state index contributed by atoms with van der Waals surface area (Å²) in [5.41, 5.74) is 1.48. The van der Waals surface area contributed by atoms with Crippen molar-refractivity contribution in [2.75, 3.05) is 7.11 Å². The van der Waals surface area contributed by atoms with Gasteiger partial charge in [-0.1, -0.05) is 0 Å². The average molecular weight is 525 g/mol. The zero-order valence-electron chi connectivity index (χ0n) is 22.0. The number of benzene rings is 3. The first-order valence-electron chi connectivity index (χ1n) is 11.4. The van der Waals surface area contributed by atoms with Gasteiger partial charge in [-0.25, -0.2) is 14.4 Å². The van der Waals surface area contributed by atoms with E-state index in [1.165, 1.54) is 27.0 Å². The van der Waals surface area contributed by atoms with Crippen molar-refractivity contribution in [2.45, 2.75) is 41.5 Å². The highest BCUT2D eigenvalue weighted by Crippen LogP contribution is 2.40. The fraction of sp³-hybridized carbons (Fsp3) is 0.250. The Labute approximate surface area is 218 Å². The molecular weight excluding hydrogens is 496 g/mol. The Morgan fingerprint density at radius 3 is 1.74 bits per heavy atom. The summed E-state index contributed by atoms with van der Waals surface area (Å²) in [5, 5.41) is 39.5. The van der Waals surface area contributed by atoms with Crippen molar-refractivity contribution >= 4 is 17.9 Å². The second-order valence-electron chi connectivity index (χ2n) is 8.87. The molecule has 10 heteroatoms. The van der Waals surface area contributed by atoms with E-state index in [9.17, 15) is 34.8 Å². The van der Waals surface area contributed by atoms with Gasteiger partial charge in [0.2, 0.25) is 0 Å². The summed E-state index contributed by atoms with van der Waals surface area (Å²) in [6.07, 6.45) is 0. The van der Waals surface area contributed by atoms with E-state index in [0.717, 1.165) is 12.1 Å². The average Bonchev–Trinajstić information content (AvgIpc) is 2.79. The van der Waals surface area contributed by atoms with E-state index in [-0.39, 0.29) is 56.4 Å². The number of phenolic OH excluding ortho intramolecular Hbond substituents is 2. The minimum atomic E-state index is -1.32. The molecule has 0 radical (unpaired) electrons. The minimum absolute atomic E-state index is 0.00764. The van der Waals surface area contributed by atoms with Gasteiger partial charge in [0.1, 0.15) is 45.6 Å². The Balaban J connectivity index is 2.11. The van der Waals surface area contributed by atoms with Crippen LogP contribution in [0.4, 0.5) is 0 Å². The highest BCUT2D eigenvalue weighted by atomic mass is 16.5. The normalized spacial score (nSPS) is 10.7. The van der Waals surface area contributed by atoms with Gasteiger partial charge in [-0.2, -0.15) is 0 Å². The van der Waals surface area contributed by atoms with E-state index in [2.05, 4.69) is 0 Å². The van der Waals surface area contributed by atoms with Crippen molar-refractivity contribution in [1.29, 1.82) is 0 Å². The highest BCUT2D eigenvalue weighted by Gasteiger charge is 2.29. The summed E-state index contributed by atoms with van der Waals surface area (Å²) in [6.45, 7) is 9.36. The zero-order valence-corrected chi connectivity index (χ0v) is 22.0. The van der Waals surface area contributed by atoms with E-state index < -0.39 is 29.4 Å². The van der Waals surface area contributed by atoms with Gasteiger partial charge >= 0.3 is 17.9 Å². The molecule has 0 heterocycles. The van der Waals surface area contributed by atoms with E-state index >= 15 is 0 Å². The van der Waals surface area contributed by atoms with Crippen molar-refractivity contribution in [3.63, 3.8) is 0 Å². The fourth-order valence-electron chi connectivity index (χ4n) is 4.49. The van der Waals surface area contributed by atoms with Crippen molar-refractivity contribution in [1.82, 2.24) is 0 Å². The summed E-state index contributed by atoms with van der Waals surface area (Å²) >= 11 is 0. The number of carbonyl (C=O) groups excluding carboxylic acids is 2. The third kappa shape index (κ3) is 4.80. The number of carbonyl (C=O) groups is 3. The predicted molar refractivity (Wildman–Crippen MR) is 136 cm³/mol. The van der Waals surface area contributed by atoms with E-state index in [4.69, 9.17) is 14.2 Å². The number of aryl methyl sites for hydroxylation is 1. The molecule has 4 N–H and O–H groups in total. The lowest BCUT2D eigenvalue weighted by Crippen LogP contribution is -2.18. The van der Waals surface area contributed by atoms with Gasteiger partial charge in [-0.15, -0.1) is 0 Å². The summed E-state index contributed by atoms with van der Waals surface area (Å²) in [4.78, 5) is 37.9. The van der Waals surface area contributed by atoms with Crippen molar-refractivity contribution in [3.8, 4) is 34.5 Å². The standard InChI is InChI=1S/C28H28O10/c1-11-8-17(29)9-18(30)21(11)27(34)38-25-15(5)22(14(4)24(36-7)16(25)6)28(35)37-20-10-19(31)23(26(32)33)13(3)12(20)2/h8-10,29-31H,1-7H3,(H,32,33). The number of ether oxygens (including phenoxy) is 3. The van der Waals surface area contributed by atoms with E-state index in [1.54, 1.807) is 27.7 Å². The maximum absolute atomic E-state index is 13.4. The van der Waals surface area contributed by atoms with Gasteiger partial charge in [0, 0.05) is 28.8 Å². The lowest BCUT2D eigenvalue weighted by atomic mass is 9.96. The molecule has 0 aliphatic rings. The monoisotopic (exact) mass is 524 g/mol. The number of esters is 2. The zero-order chi connectivity index (χ0) is 28.6. The summed E-state index contributed by atoms with van der Waals surface area (Å²) in [7, 11) is 1.39. The second kappa shape index (κ2) is 10.3. The van der Waals surface area contributed by atoms with Crippen LogP contribution in [0.2, 0.25) is 0 Å². The number of rotatable bonds is 6. The Hall–Kier alpha value is -4.73. The molecule has 0 amide bonds. The lowest BCUT2D eigenvalue weighted by molar-refractivity contribution is 0.0689. The van der Waals surface area contributed by atoms with Gasteiger partial charge in [0.15, 0.2) is 0 Å². The molecule has 0 atom stereocenters. The van der Waals surface area contributed by atoms with Crippen LogP contribution < -0.4 is 14.2 Å². The van der Waals surface area contributed by atoms with Crippen LogP contribution in [-0.2, 0) is 0 Å². The Bertz CT molecular complexity index is 1480. The first kappa shape index (κ1) is 27.9. The number of hydrogen-bond acceptors (Lipinski definition) is 9. The minimum Gasteiger partial charge on any atom is -0.508 e. The number of hydrogen-bond donors (Lipinski definition) is 4. The van der Waals surface area contributed by atoms with E-state index in [1.807, 2.05) is 0 Å². The van der Waals surface area contributed by atoms with Crippen LogP contribution in [0.5, 0.6) is 34.5 Å². The van der Waals surface area contributed by atoms with Crippen LogP contribution in [0.3, 0.4) is 0 Å².